The van der Waals surface area contributed by atoms with E-state index >= 15 is 0 Å². The Bertz CT molecular complexity index is 1140. The third kappa shape index (κ3) is 5.32. The molecule has 0 aliphatic carbocycles. The molecular formula is C23H21ClFN3O5. The summed E-state index contributed by atoms with van der Waals surface area (Å²) >= 11 is 6.11. The summed E-state index contributed by atoms with van der Waals surface area (Å²) in [4.78, 5) is 27.1. The van der Waals surface area contributed by atoms with Gasteiger partial charge in [0.1, 0.15) is 18.2 Å². The van der Waals surface area contributed by atoms with Gasteiger partial charge in [-0.05, 0) is 30.3 Å². The predicted molar refractivity (Wildman–Crippen MR) is 119 cm³/mol. The van der Waals surface area contributed by atoms with Crippen LogP contribution in [0.3, 0.4) is 0 Å². The van der Waals surface area contributed by atoms with Crippen LogP contribution in [0, 0.1) is 15.9 Å². The van der Waals surface area contributed by atoms with Gasteiger partial charge in [-0.15, -0.1) is 0 Å². The number of hydrogen-bond acceptors (Lipinski definition) is 6. The molecule has 0 spiro atoms. The van der Waals surface area contributed by atoms with Crippen molar-refractivity contribution < 1.29 is 23.3 Å². The second kappa shape index (κ2) is 10.0. The second-order valence-corrected chi connectivity index (χ2v) is 7.96. The first kappa shape index (κ1) is 22.8. The van der Waals surface area contributed by atoms with E-state index in [1.807, 2.05) is 4.90 Å². The molecule has 1 saturated heterocycles. The Hall–Kier alpha value is -3.43. The highest BCUT2D eigenvalue weighted by Crippen LogP contribution is 2.27. The number of nitro benzene ring substituents is 1. The molecule has 1 amide bonds. The fraction of sp³-hybridized carbons (Fsp3) is 0.261. The number of nitrogens with zero attached hydrogens (tertiary/aromatic N) is 3. The molecule has 8 nitrogen and oxygen atoms in total. The molecule has 10 heteroatoms. The van der Waals surface area contributed by atoms with E-state index in [2.05, 4.69) is 0 Å². The maximum Gasteiger partial charge on any atom is 0.310 e. The number of carbonyl (C=O) groups excluding carboxylic acids is 1. The minimum absolute atomic E-state index is 0.0463. The number of ether oxygens (including phenoxy) is 1. The number of rotatable bonds is 7. The van der Waals surface area contributed by atoms with Gasteiger partial charge in [0.25, 0.3) is 5.91 Å². The number of carbonyl (C=O) groups is 1. The summed E-state index contributed by atoms with van der Waals surface area (Å²) in [5.41, 5.74) is 0.308. The van der Waals surface area contributed by atoms with E-state index in [4.69, 9.17) is 20.8 Å². The number of nitro groups is 1. The summed E-state index contributed by atoms with van der Waals surface area (Å²) in [7, 11) is 0. The fourth-order valence-electron chi connectivity index (χ4n) is 3.62. The summed E-state index contributed by atoms with van der Waals surface area (Å²) in [6, 6.07) is 13.8. The number of halogens is 2. The average molecular weight is 474 g/mol. The summed E-state index contributed by atoms with van der Waals surface area (Å²) in [5.74, 6) is 0.0756. The van der Waals surface area contributed by atoms with Crippen molar-refractivity contribution in [2.75, 3.05) is 26.2 Å². The molecule has 0 N–H and O–H groups in total. The van der Waals surface area contributed by atoms with Crippen molar-refractivity contribution >= 4 is 23.2 Å². The summed E-state index contributed by atoms with van der Waals surface area (Å²) in [6.45, 7) is 2.41. The molecule has 3 aromatic rings. The van der Waals surface area contributed by atoms with E-state index in [-0.39, 0.29) is 35.5 Å². The lowest BCUT2D eigenvalue weighted by Gasteiger charge is -2.34. The summed E-state index contributed by atoms with van der Waals surface area (Å²) in [5, 5.41) is 11.5. The highest BCUT2D eigenvalue weighted by Gasteiger charge is 2.25. The van der Waals surface area contributed by atoms with Crippen molar-refractivity contribution in [2.24, 2.45) is 0 Å². The highest BCUT2D eigenvalue weighted by atomic mass is 35.5. The van der Waals surface area contributed by atoms with Gasteiger partial charge < -0.3 is 14.1 Å². The van der Waals surface area contributed by atoms with Gasteiger partial charge in [0, 0.05) is 49.4 Å². The topological polar surface area (TPSA) is 89.1 Å². The van der Waals surface area contributed by atoms with Gasteiger partial charge in [-0.1, -0.05) is 29.8 Å². The minimum atomic E-state index is -0.522. The molecule has 2 aromatic carbocycles. The van der Waals surface area contributed by atoms with Crippen LogP contribution >= 0.6 is 11.6 Å². The molecule has 0 unspecified atom stereocenters. The molecule has 1 aliphatic heterocycles. The quantitative estimate of drug-likeness (QED) is 0.370. The Morgan fingerprint density at radius 1 is 1.09 bits per heavy atom. The molecule has 1 aliphatic rings. The first-order valence-electron chi connectivity index (χ1n) is 10.3. The van der Waals surface area contributed by atoms with Crippen molar-refractivity contribution in [3.63, 3.8) is 0 Å². The number of benzene rings is 2. The van der Waals surface area contributed by atoms with Gasteiger partial charge in [0.15, 0.2) is 11.5 Å². The zero-order chi connectivity index (χ0) is 23.4. The van der Waals surface area contributed by atoms with Crippen LogP contribution < -0.4 is 4.74 Å². The van der Waals surface area contributed by atoms with Crippen LogP contribution in [0.15, 0.2) is 59.0 Å². The first-order chi connectivity index (χ1) is 15.9. The van der Waals surface area contributed by atoms with E-state index in [0.29, 0.717) is 49.1 Å². The standard InChI is InChI=1S/C23H21ClFN3O5/c24-18-4-3-5-19(25)17(18)14-26-10-12-27(13-11-26)23(29)22-9-8-16(33-22)15-32-21-7-2-1-6-20(21)28(30)31/h1-9H,10-15H2. The Labute approximate surface area is 194 Å². The Morgan fingerprint density at radius 3 is 2.58 bits per heavy atom. The lowest BCUT2D eigenvalue weighted by molar-refractivity contribution is -0.386. The SMILES string of the molecule is O=C(c1ccc(COc2ccccc2[N+](=O)[O-])o1)N1CCN(Cc2c(F)cccc2Cl)CC1. The largest absolute Gasteiger partial charge is 0.479 e. The van der Waals surface area contributed by atoms with Crippen LogP contribution in [-0.4, -0.2) is 46.8 Å². The molecule has 172 valence electrons. The predicted octanol–water partition coefficient (Wildman–Crippen LogP) is 4.52. The maximum atomic E-state index is 14.0. The average Bonchev–Trinajstić information content (AvgIpc) is 3.29. The molecule has 1 aromatic heterocycles. The molecule has 33 heavy (non-hydrogen) atoms. The van der Waals surface area contributed by atoms with E-state index in [1.165, 1.54) is 18.2 Å². The molecular weight excluding hydrogens is 453 g/mol. The fourth-order valence-corrected chi connectivity index (χ4v) is 3.84. The number of hydrogen-bond donors (Lipinski definition) is 0. The van der Waals surface area contributed by atoms with Crippen molar-refractivity contribution in [2.45, 2.75) is 13.2 Å². The van der Waals surface area contributed by atoms with Crippen LogP contribution in [0.2, 0.25) is 5.02 Å². The summed E-state index contributed by atoms with van der Waals surface area (Å²) < 4.78 is 25.1. The summed E-state index contributed by atoms with van der Waals surface area (Å²) in [6.07, 6.45) is 0. The van der Waals surface area contributed by atoms with E-state index in [0.717, 1.165) is 0 Å². The Balaban J connectivity index is 1.31. The first-order valence-corrected chi connectivity index (χ1v) is 10.7. The van der Waals surface area contributed by atoms with E-state index in [9.17, 15) is 19.3 Å². The Kier molecular flexibility index (Phi) is 6.90. The van der Waals surface area contributed by atoms with Gasteiger partial charge in [-0.3, -0.25) is 19.8 Å². The van der Waals surface area contributed by atoms with Crippen molar-refractivity contribution in [3.8, 4) is 5.75 Å². The Morgan fingerprint density at radius 2 is 1.85 bits per heavy atom. The zero-order valence-corrected chi connectivity index (χ0v) is 18.3. The van der Waals surface area contributed by atoms with Crippen molar-refractivity contribution in [3.05, 3.63) is 92.6 Å². The number of amides is 1. The highest BCUT2D eigenvalue weighted by molar-refractivity contribution is 6.31. The number of piperazine rings is 1. The molecule has 0 atom stereocenters. The molecule has 0 radical (unpaired) electrons. The third-order valence-electron chi connectivity index (χ3n) is 5.41. The van der Waals surface area contributed by atoms with Gasteiger partial charge >= 0.3 is 5.69 Å². The van der Waals surface area contributed by atoms with E-state index in [1.54, 1.807) is 41.3 Å². The second-order valence-electron chi connectivity index (χ2n) is 7.55. The third-order valence-corrected chi connectivity index (χ3v) is 5.76. The molecule has 1 fully saturated rings. The molecule has 4 rings (SSSR count). The van der Waals surface area contributed by atoms with Crippen molar-refractivity contribution in [1.29, 1.82) is 0 Å². The van der Waals surface area contributed by atoms with Crippen LogP contribution in [-0.2, 0) is 13.2 Å². The number of para-hydroxylation sites is 2. The normalized spacial score (nSPS) is 14.3. The minimum Gasteiger partial charge on any atom is -0.479 e. The van der Waals surface area contributed by atoms with Crippen LogP contribution in [0.1, 0.15) is 21.9 Å². The lowest BCUT2D eigenvalue weighted by atomic mass is 10.2. The van der Waals surface area contributed by atoms with Crippen LogP contribution in [0.5, 0.6) is 5.75 Å². The number of furan rings is 1. The van der Waals surface area contributed by atoms with Gasteiger partial charge in [-0.2, -0.15) is 0 Å². The van der Waals surface area contributed by atoms with Crippen molar-refractivity contribution in [1.82, 2.24) is 9.80 Å². The van der Waals surface area contributed by atoms with Crippen LogP contribution in [0.25, 0.3) is 0 Å². The van der Waals surface area contributed by atoms with Gasteiger partial charge in [0.05, 0.1) is 4.92 Å². The van der Waals surface area contributed by atoms with Gasteiger partial charge in [0.2, 0.25) is 0 Å². The molecule has 2 heterocycles. The zero-order valence-electron chi connectivity index (χ0n) is 17.6. The lowest BCUT2D eigenvalue weighted by Crippen LogP contribution is -2.48. The smallest absolute Gasteiger partial charge is 0.310 e. The van der Waals surface area contributed by atoms with E-state index < -0.39 is 4.92 Å². The molecule has 0 saturated carbocycles. The van der Waals surface area contributed by atoms with Gasteiger partial charge in [-0.25, -0.2) is 4.39 Å². The maximum absolute atomic E-state index is 14.0. The monoisotopic (exact) mass is 473 g/mol. The molecule has 0 bridgehead atoms. The van der Waals surface area contributed by atoms with Crippen LogP contribution in [0.4, 0.5) is 10.1 Å².